The lowest BCUT2D eigenvalue weighted by atomic mass is 10.1. The highest BCUT2D eigenvalue weighted by molar-refractivity contribution is 5.95. The molecule has 6 N–H and O–H groups in total. The number of nitrogens with one attached hydrogen (secondary N) is 3. The Morgan fingerprint density at radius 2 is 1.50 bits per heavy atom. The zero-order valence-corrected chi connectivity index (χ0v) is 16.5. The smallest absolute Gasteiger partial charge is 0.325 e. The zero-order valence-electron chi connectivity index (χ0n) is 16.5. The summed E-state index contributed by atoms with van der Waals surface area (Å²) >= 11 is 0. The molecular weight excluding hydrogens is 370 g/mol. The molecule has 0 radical (unpaired) electrons. The topological polar surface area (TPSA) is 171 Å². The number of carboxylic acid groups (broad SMARTS) is 1. The second-order valence-electron chi connectivity index (χ2n) is 7.01. The maximum Gasteiger partial charge on any atom is 0.325 e. The van der Waals surface area contributed by atoms with Crippen molar-refractivity contribution in [2.24, 2.45) is 5.73 Å². The third-order valence-corrected chi connectivity index (χ3v) is 4.46. The second kappa shape index (κ2) is 10.0. The van der Waals surface area contributed by atoms with Crippen molar-refractivity contribution in [2.45, 2.75) is 70.7 Å². The summed E-state index contributed by atoms with van der Waals surface area (Å²) < 4.78 is 0. The van der Waals surface area contributed by atoms with Crippen molar-refractivity contribution in [1.82, 2.24) is 20.9 Å². The number of amides is 4. The molecule has 1 aliphatic rings. The van der Waals surface area contributed by atoms with Crippen molar-refractivity contribution in [3.63, 3.8) is 0 Å². The Bertz CT molecular complexity index is 638. The Hall–Kier alpha value is -2.69. The quantitative estimate of drug-likeness (QED) is 0.312. The summed E-state index contributed by atoms with van der Waals surface area (Å²) in [6, 6.07) is -4.44. The lowest BCUT2D eigenvalue weighted by Crippen LogP contribution is -2.56. The van der Waals surface area contributed by atoms with Crippen LogP contribution in [0, 0.1) is 0 Å². The summed E-state index contributed by atoms with van der Waals surface area (Å²) in [5.74, 6) is -3.23. The average Bonchev–Trinajstić information content (AvgIpc) is 3.10. The zero-order chi connectivity index (χ0) is 21.6. The predicted octanol–water partition coefficient (Wildman–Crippen LogP) is -2.08. The molecule has 0 bridgehead atoms. The maximum absolute atomic E-state index is 12.6. The number of likely N-dealkylation sites (tertiary alicyclic amines) is 1. The van der Waals surface area contributed by atoms with Gasteiger partial charge in [-0.3, -0.25) is 24.0 Å². The standard InChI is InChI=1S/C17H29N5O6/c1-8(18)13(23)20-10(3)16(26)22-7-5-6-12(22)15(25)19-9(2)14(24)21-11(4)17(27)28/h8-12H,5-7,18H2,1-4H3,(H,19,25)(H,20,23)(H,21,24)(H,27,28)/t8-,9-,10-,11-,12-/m0/s1. The molecule has 0 unspecified atom stereocenters. The molecule has 0 spiro atoms. The Balaban J connectivity index is 2.69. The van der Waals surface area contributed by atoms with Crippen LogP contribution in [0.1, 0.15) is 40.5 Å². The number of nitrogens with zero attached hydrogens (tertiary/aromatic N) is 1. The number of hydrogen-bond donors (Lipinski definition) is 5. The second-order valence-corrected chi connectivity index (χ2v) is 7.01. The van der Waals surface area contributed by atoms with Crippen molar-refractivity contribution in [3.05, 3.63) is 0 Å². The predicted molar refractivity (Wildman–Crippen MR) is 98.8 cm³/mol. The number of nitrogens with two attached hydrogens (primary N) is 1. The summed E-state index contributed by atoms with van der Waals surface area (Å²) in [5.41, 5.74) is 5.47. The van der Waals surface area contributed by atoms with Gasteiger partial charge in [0.1, 0.15) is 24.2 Å². The number of aliphatic carboxylic acids is 1. The van der Waals surface area contributed by atoms with Crippen LogP contribution in [0.25, 0.3) is 0 Å². The average molecular weight is 399 g/mol. The van der Waals surface area contributed by atoms with Crippen LogP contribution in [0.4, 0.5) is 0 Å². The molecule has 11 heteroatoms. The van der Waals surface area contributed by atoms with E-state index in [0.29, 0.717) is 19.4 Å². The van der Waals surface area contributed by atoms with Crippen LogP contribution in [0.15, 0.2) is 0 Å². The first kappa shape index (κ1) is 23.3. The van der Waals surface area contributed by atoms with Crippen molar-refractivity contribution in [1.29, 1.82) is 0 Å². The summed E-state index contributed by atoms with van der Waals surface area (Å²) in [4.78, 5) is 61.0. The molecule has 4 amide bonds. The lowest BCUT2D eigenvalue weighted by molar-refractivity contribution is -0.143. The summed E-state index contributed by atoms with van der Waals surface area (Å²) in [7, 11) is 0. The van der Waals surface area contributed by atoms with Gasteiger partial charge in [-0.25, -0.2) is 0 Å². The third-order valence-electron chi connectivity index (χ3n) is 4.46. The Morgan fingerprint density at radius 1 is 0.929 bits per heavy atom. The highest BCUT2D eigenvalue weighted by atomic mass is 16.4. The third kappa shape index (κ3) is 6.19. The maximum atomic E-state index is 12.6. The monoisotopic (exact) mass is 399 g/mol. The minimum absolute atomic E-state index is 0.353. The fourth-order valence-corrected chi connectivity index (χ4v) is 2.73. The van der Waals surface area contributed by atoms with Crippen molar-refractivity contribution < 1.29 is 29.1 Å². The van der Waals surface area contributed by atoms with E-state index in [-0.39, 0.29) is 0 Å². The molecule has 0 saturated carbocycles. The molecular formula is C17H29N5O6. The van der Waals surface area contributed by atoms with E-state index in [9.17, 15) is 24.0 Å². The fourth-order valence-electron chi connectivity index (χ4n) is 2.73. The fraction of sp³-hybridized carbons (Fsp3) is 0.706. The minimum Gasteiger partial charge on any atom is -0.480 e. The highest BCUT2D eigenvalue weighted by Gasteiger charge is 2.37. The minimum atomic E-state index is -1.19. The molecule has 1 rings (SSSR count). The Labute approximate surface area is 163 Å². The Morgan fingerprint density at radius 3 is 2.04 bits per heavy atom. The van der Waals surface area contributed by atoms with Gasteiger partial charge in [-0.05, 0) is 40.5 Å². The normalized spacial score (nSPS) is 20.5. The van der Waals surface area contributed by atoms with E-state index in [1.54, 1.807) is 0 Å². The molecule has 1 aliphatic heterocycles. The van der Waals surface area contributed by atoms with Gasteiger partial charge in [-0.15, -0.1) is 0 Å². The number of carboxylic acids is 1. The van der Waals surface area contributed by atoms with Crippen LogP contribution in [0.5, 0.6) is 0 Å². The number of carbonyl (C=O) groups is 5. The first-order valence-corrected chi connectivity index (χ1v) is 9.15. The molecule has 0 aliphatic carbocycles. The molecule has 158 valence electrons. The van der Waals surface area contributed by atoms with E-state index in [1.807, 2.05) is 0 Å². The van der Waals surface area contributed by atoms with Crippen LogP contribution in [-0.4, -0.2) is 76.4 Å². The first-order valence-electron chi connectivity index (χ1n) is 9.15. The van der Waals surface area contributed by atoms with Gasteiger partial charge in [0.15, 0.2) is 0 Å². The number of carbonyl (C=O) groups excluding carboxylic acids is 4. The van der Waals surface area contributed by atoms with Gasteiger partial charge in [-0.2, -0.15) is 0 Å². The van der Waals surface area contributed by atoms with Gasteiger partial charge in [0.05, 0.1) is 6.04 Å². The van der Waals surface area contributed by atoms with E-state index >= 15 is 0 Å². The molecule has 0 aromatic carbocycles. The number of rotatable bonds is 8. The van der Waals surface area contributed by atoms with Crippen molar-refractivity contribution in [3.8, 4) is 0 Å². The van der Waals surface area contributed by atoms with Gasteiger partial charge in [0.25, 0.3) is 0 Å². The molecule has 11 nitrogen and oxygen atoms in total. The van der Waals surface area contributed by atoms with E-state index in [2.05, 4.69) is 16.0 Å². The van der Waals surface area contributed by atoms with Crippen LogP contribution in [-0.2, 0) is 24.0 Å². The van der Waals surface area contributed by atoms with Crippen LogP contribution < -0.4 is 21.7 Å². The molecule has 0 aromatic heterocycles. The van der Waals surface area contributed by atoms with Gasteiger partial charge >= 0.3 is 5.97 Å². The van der Waals surface area contributed by atoms with Crippen LogP contribution >= 0.6 is 0 Å². The highest BCUT2D eigenvalue weighted by Crippen LogP contribution is 2.18. The van der Waals surface area contributed by atoms with E-state index < -0.39 is 59.8 Å². The van der Waals surface area contributed by atoms with E-state index in [1.165, 1.54) is 32.6 Å². The van der Waals surface area contributed by atoms with E-state index in [4.69, 9.17) is 10.8 Å². The first-order chi connectivity index (χ1) is 13.0. The van der Waals surface area contributed by atoms with Crippen molar-refractivity contribution in [2.75, 3.05) is 6.54 Å². The molecule has 1 fully saturated rings. The summed E-state index contributed by atoms with van der Waals surface area (Å²) in [6.45, 7) is 6.10. The summed E-state index contributed by atoms with van der Waals surface area (Å²) in [6.07, 6.45) is 1.03. The molecule has 28 heavy (non-hydrogen) atoms. The van der Waals surface area contributed by atoms with Gasteiger partial charge < -0.3 is 31.7 Å². The molecule has 1 heterocycles. The van der Waals surface area contributed by atoms with Gasteiger partial charge in [-0.1, -0.05) is 0 Å². The van der Waals surface area contributed by atoms with Crippen LogP contribution in [0.3, 0.4) is 0 Å². The molecule has 0 aromatic rings. The Kier molecular flexibility index (Phi) is 8.35. The van der Waals surface area contributed by atoms with E-state index in [0.717, 1.165) is 0 Å². The largest absolute Gasteiger partial charge is 0.480 e. The number of hydrogen-bond acceptors (Lipinski definition) is 6. The lowest BCUT2D eigenvalue weighted by Gasteiger charge is -2.28. The molecule has 1 saturated heterocycles. The van der Waals surface area contributed by atoms with Gasteiger partial charge in [0, 0.05) is 6.54 Å². The van der Waals surface area contributed by atoms with Crippen molar-refractivity contribution >= 4 is 29.6 Å². The van der Waals surface area contributed by atoms with Gasteiger partial charge in [0.2, 0.25) is 23.6 Å². The SMILES string of the molecule is C[C@H](N)C(=O)N[C@@H](C)C(=O)N1CCC[C@H]1C(=O)N[C@@H](C)C(=O)N[C@@H](C)C(=O)O. The summed E-state index contributed by atoms with van der Waals surface area (Å²) in [5, 5.41) is 16.1. The molecule has 5 atom stereocenters. The van der Waals surface area contributed by atoms with Crippen LogP contribution in [0.2, 0.25) is 0 Å².